The third-order valence-electron chi connectivity index (χ3n) is 1.60. The van der Waals surface area contributed by atoms with E-state index >= 15 is 0 Å². The summed E-state index contributed by atoms with van der Waals surface area (Å²) in [6.45, 7) is 3.72. The molecule has 0 spiro atoms. The summed E-state index contributed by atoms with van der Waals surface area (Å²) in [5, 5.41) is 0.792. The first-order chi connectivity index (χ1) is 5.83. The molecule has 1 heteroatoms. The van der Waals surface area contributed by atoms with Gasteiger partial charge in [-0.05, 0) is 37.5 Å². The molecule has 0 aromatic heterocycles. The largest absolute Gasteiger partial charge is 0.0882 e. The SMILES string of the molecule is [CH2]C/C=C/Cc1ccc(Cl)cc1. The fraction of sp³-hybridized carbons (Fsp3) is 0.182. The van der Waals surface area contributed by atoms with Gasteiger partial charge in [0.05, 0.1) is 0 Å². The summed E-state index contributed by atoms with van der Waals surface area (Å²) in [5.41, 5.74) is 1.28. The normalized spacial score (nSPS) is 10.8. The van der Waals surface area contributed by atoms with Crippen LogP contribution in [-0.4, -0.2) is 0 Å². The van der Waals surface area contributed by atoms with Gasteiger partial charge >= 0.3 is 0 Å². The van der Waals surface area contributed by atoms with Crippen LogP contribution < -0.4 is 0 Å². The van der Waals surface area contributed by atoms with Crippen molar-refractivity contribution in [3.63, 3.8) is 0 Å². The van der Waals surface area contributed by atoms with Crippen molar-refractivity contribution in [2.75, 3.05) is 0 Å². The van der Waals surface area contributed by atoms with E-state index in [1.54, 1.807) is 0 Å². The Morgan fingerprint density at radius 2 is 1.83 bits per heavy atom. The van der Waals surface area contributed by atoms with Crippen LogP contribution in [0.2, 0.25) is 5.02 Å². The minimum absolute atomic E-state index is 0.792. The number of allylic oxidation sites excluding steroid dienone is 2. The van der Waals surface area contributed by atoms with Crippen molar-refractivity contribution in [1.82, 2.24) is 0 Å². The lowest BCUT2D eigenvalue weighted by Crippen LogP contribution is -1.78. The van der Waals surface area contributed by atoms with Gasteiger partial charge in [0.2, 0.25) is 0 Å². The van der Waals surface area contributed by atoms with Crippen molar-refractivity contribution >= 4 is 11.6 Å². The van der Waals surface area contributed by atoms with Crippen LogP contribution in [0.15, 0.2) is 36.4 Å². The molecule has 1 radical (unpaired) electrons. The standard InChI is InChI=1S/C11H12Cl/c1-2-3-4-5-10-6-8-11(12)9-7-10/h3-4,6-9H,1-2,5H2/b4-3+. The second-order valence-electron chi connectivity index (χ2n) is 2.59. The van der Waals surface area contributed by atoms with Crippen molar-refractivity contribution in [3.8, 4) is 0 Å². The van der Waals surface area contributed by atoms with Crippen LogP contribution in [0.1, 0.15) is 12.0 Å². The number of hydrogen-bond acceptors (Lipinski definition) is 0. The molecule has 1 rings (SSSR count). The molecule has 0 heterocycles. The predicted octanol–water partition coefficient (Wildman–Crippen LogP) is 3.66. The highest BCUT2D eigenvalue weighted by Crippen LogP contribution is 2.10. The predicted molar refractivity (Wildman–Crippen MR) is 54.3 cm³/mol. The smallest absolute Gasteiger partial charge is 0.0406 e. The van der Waals surface area contributed by atoms with Gasteiger partial charge in [-0.3, -0.25) is 0 Å². The number of hydrogen-bond donors (Lipinski definition) is 0. The molecule has 1 aromatic rings. The van der Waals surface area contributed by atoms with E-state index in [0.717, 1.165) is 17.9 Å². The van der Waals surface area contributed by atoms with E-state index in [1.807, 2.05) is 24.3 Å². The average molecular weight is 180 g/mol. The Labute approximate surface area is 78.9 Å². The molecule has 0 aliphatic heterocycles. The summed E-state index contributed by atoms with van der Waals surface area (Å²) in [4.78, 5) is 0. The fourth-order valence-corrected chi connectivity index (χ4v) is 1.08. The summed E-state index contributed by atoms with van der Waals surface area (Å²) in [6.07, 6.45) is 6.01. The molecule has 0 N–H and O–H groups in total. The summed E-state index contributed by atoms with van der Waals surface area (Å²) in [6, 6.07) is 7.90. The van der Waals surface area contributed by atoms with Crippen LogP contribution in [0.3, 0.4) is 0 Å². The van der Waals surface area contributed by atoms with E-state index in [1.165, 1.54) is 5.56 Å². The number of halogens is 1. The van der Waals surface area contributed by atoms with Gasteiger partial charge in [0.15, 0.2) is 0 Å². The third kappa shape index (κ3) is 3.10. The van der Waals surface area contributed by atoms with Crippen molar-refractivity contribution in [1.29, 1.82) is 0 Å². The molecule has 0 amide bonds. The zero-order valence-electron chi connectivity index (χ0n) is 6.96. The van der Waals surface area contributed by atoms with Crippen molar-refractivity contribution in [2.24, 2.45) is 0 Å². The molecule has 0 saturated heterocycles. The fourth-order valence-electron chi connectivity index (χ4n) is 0.958. The van der Waals surface area contributed by atoms with Crippen LogP contribution in [-0.2, 0) is 6.42 Å². The maximum absolute atomic E-state index is 5.74. The summed E-state index contributed by atoms with van der Waals surface area (Å²) in [7, 11) is 0. The minimum atomic E-state index is 0.792. The van der Waals surface area contributed by atoms with Crippen LogP contribution in [0.5, 0.6) is 0 Å². The van der Waals surface area contributed by atoms with Crippen LogP contribution in [0, 0.1) is 6.92 Å². The van der Waals surface area contributed by atoms with E-state index in [0.29, 0.717) is 0 Å². The van der Waals surface area contributed by atoms with Gasteiger partial charge in [-0.25, -0.2) is 0 Å². The Morgan fingerprint density at radius 3 is 2.42 bits per heavy atom. The molecule has 12 heavy (non-hydrogen) atoms. The summed E-state index contributed by atoms with van der Waals surface area (Å²) in [5.74, 6) is 0. The second kappa shape index (κ2) is 5.00. The Balaban J connectivity index is 2.53. The van der Waals surface area contributed by atoms with Crippen molar-refractivity contribution in [2.45, 2.75) is 12.8 Å². The molecule has 0 saturated carbocycles. The van der Waals surface area contributed by atoms with Gasteiger partial charge in [0.1, 0.15) is 0 Å². The Bertz CT molecular complexity index is 246. The molecular weight excluding hydrogens is 168 g/mol. The monoisotopic (exact) mass is 179 g/mol. The topological polar surface area (TPSA) is 0 Å². The Hall–Kier alpha value is -0.750. The molecule has 0 aliphatic rings. The van der Waals surface area contributed by atoms with Gasteiger partial charge < -0.3 is 0 Å². The van der Waals surface area contributed by atoms with E-state index < -0.39 is 0 Å². The lowest BCUT2D eigenvalue weighted by molar-refractivity contribution is 1.24. The zero-order chi connectivity index (χ0) is 8.81. The maximum atomic E-state index is 5.74. The molecule has 1 aromatic carbocycles. The molecule has 63 valence electrons. The first kappa shape index (κ1) is 9.34. The average Bonchev–Trinajstić information content (AvgIpc) is 2.09. The van der Waals surface area contributed by atoms with E-state index in [2.05, 4.69) is 19.1 Å². The first-order valence-electron chi connectivity index (χ1n) is 4.01. The van der Waals surface area contributed by atoms with Gasteiger partial charge in [0, 0.05) is 5.02 Å². The quantitative estimate of drug-likeness (QED) is 0.622. The van der Waals surface area contributed by atoms with Gasteiger partial charge in [-0.15, -0.1) is 0 Å². The molecular formula is C11H12Cl. The third-order valence-corrected chi connectivity index (χ3v) is 1.85. The molecule has 0 nitrogen and oxygen atoms in total. The maximum Gasteiger partial charge on any atom is 0.0406 e. The number of rotatable bonds is 3. The number of benzene rings is 1. The molecule has 0 unspecified atom stereocenters. The van der Waals surface area contributed by atoms with E-state index in [9.17, 15) is 0 Å². The summed E-state index contributed by atoms with van der Waals surface area (Å²) < 4.78 is 0. The molecule has 0 aliphatic carbocycles. The van der Waals surface area contributed by atoms with E-state index in [-0.39, 0.29) is 0 Å². The van der Waals surface area contributed by atoms with Crippen LogP contribution in [0.25, 0.3) is 0 Å². The van der Waals surface area contributed by atoms with E-state index in [4.69, 9.17) is 11.6 Å². The Morgan fingerprint density at radius 1 is 1.17 bits per heavy atom. The van der Waals surface area contributed by atoms with Crippen molar-refractivity contribution in [3.05, 3.63) is 53.9 Å². The van der Waals surface area contributed by atoms with Crippen LogP contribution in [0.4, 0.5) is 0 Å². The minimum Gasteiger partial charge on any atom is -0.0882 e. The van der Waals surface area contributed by atoms with Gasteiger partial charge in [-0.1, -0.05) is 35.9 Å². The molecule has 0 fully saturated rings. The summed E-state index contributed by atoms with van der Waals surface area (Å²) >= 11 is 5.74. The highest BCUT2D eigenvalue weighted by atomic mass is 35.5. The molecule has 0 bridgehead atoms. The zero-order valence-corrected chi connectivity index (χ0v) is 7.72. The lowest BCUT2D eigenvalue weighted by Gasteiger charge is -1.95. The van der Waals surface area contributed by atoms with Crippen LogP contribution >= 0.6 is 11.6 Å². The second-order valence-corrected chi connectivity index (χ2v) is 3.03. The van der Waals surface area contributed by atoms with Gasteiger partial charge in [-0.2, -0.15) is 0 Å². The lowest BCUT2D eigenvalue weighted by atomic mass is 10.1. The van der Waals surface area contributed by atoms with Crippen molar-refractivity contribution < 1.29 is 0 Å². The van der Waals surface area contributed by atoms with Gasteiger partial charge in [0.25, 0.3) is 0 Å². The Kier molecular flexibility index (Phi) is 3.89. The molecule has 0 atom stereocenters. The highest BCUT2D eigenvalue weighted by molar-refractivity contribution is 6.30. The highest BCUT2D eigenvalue weighted by Gasteiger charge is 1.88. The first-order valence-corrected chi connectivity index (χ1v) is 4.39.